The topological polar surface area (TPSA) is 67.0 Å². The largest absolute Gasteiger partial charge is 0.376 e. The molecule has 1 aromatic heterocycles. The third kappa shape index (κ3) is 2.57. The van der Waals surface area contributed by atoms with Crippen molar-refractivity contribution in [3.8, 4) is 0 Å². The molecule has 0 bridgehead atoms. The van der Waals surface area contributed by atoms with Crippen LogP contribution in [0.15, 0.2) is 15.6 Å². The van der Waals surface area contributed by atoms with Gasteiger partial charge in [-0.25, -0.2) is 4.98 Å². The lowest BCUT2D eigenvalue weighted by Gasteiger charge is -2.11. The Balaban J connectivity index is 1.98. The van der Waals surface area contributed by atoms with Crippen LogP contribution in [0.3, 0.4) is 0 Å². The van der Waals surface area contributed by atoms with Gasteiger partial charge in [-0.1, -0.05) is 0 Å². The van der Waals surface area contributed by atoms with Gasteiger partial charge in [0, 0.05) is 13.2 Å². The van der Waals surface area contributed by atoms with Crippen molar-refractivity contribution >= 4 is 21.7 Å². The number of halogens is 1. The Labute approximate surface area is 95.4 Å². The minimum atomic E-state index is -0.181. The van der Waals surface area contributed by atoms with E-state index in [0.717, 1.165) is 19.4 Å². The van der Waals surface area contributed by atoms with Gasteiger partial charge < -0.3 is 15.0 Å². The van der Waals surface area contributed by atoms with E-state index >= 15 is 0 Å². The van der Waals surface area contributed by atoms with Crippen LogP contribution in [0.4, 0.5) is 5.82 Å². The Hall–Kier alpha value is -0.880. The van der Waals surface area contributed by atoms with Crippen LogP contribution in [-0.2, 0) is 4.74 Å². The van der Waals surface area contributed by atoms with Crippen molar-refractivity contribution in [2.45, 2.75) is 18.9 Å². The van der Waals surface area contributed by atoms with Crippen LogP contribution < -0.4 is 10.9 Å². The van der Waals surface area contributed by atoms with Crippen LogP contribution in [0, 0.1) is 0 Å². The van der Waals surface area contributed by atoms with Gasteiger partial charge in [0.1, 0.15) is 10.3 Å². The molecule has 0 radical (unpaired) electrons. The number of nitrogens with zero attached hydrogens (tertiary/aromatic N) is 1. The summed E-state index contributed by atoms with van der Waals surface area (Å²) in [6, 6.07) is 0. The second kappa shape index (κ2) is 4.76. The highest BCUT2D eigenvalue weighted by Crippen LogP contribution is 2.16. The molecular weight excluding hydrogens is 262 g/mol. The molecule has 5 nitrogen and oxygen atoms in total. The second-order valence-corrected chi connectivity index (χ2v) is 4.20. The number of aromatic amines is 1. The summed E-state index contributed by atoms with van der Waals surface area (Å²) in [5, 5.41) is 3.09. The molecule has 1 unspecified atom stereocenters. The molecule has 1 aliphatic rings. The van der Waals surface area contributed by atoms with Crippen molar-refractivity contribution in [2.75, 3.05) is 18.5 Å². The lowest BCUT2D eigenvalue weighted by atomic mass is 10.2. The molecular formula is C9H12BrN3O2. The molecule has 82 valence electrons. The summed E-state index contributed by atoms with van der Waals surface area (Å²) in [7, 11) is 0. The summed E-state index contributed by atoms with van der Waals surface area (Å²) in [6.45, 7) is 1.52. The van der Waals surface area contributed by atoms with Crippen LogP contribution in [0.25, 0.3) is 0 Å². The lowest BCUT2D eigenvalue weighted by Crippen LogP contribution is -2.21. The number of hydrogen-bond donors (Lipinski definition) is 2. The van der Waals surface area contributed by atoms with Crippen LogP contribution in [0.2, 0.25) is 0 Å². The first kappa shape index (κ1) is 10.6. The predicted molar refractivity (Wildman–Crippen MR) is 60.0 cm³/mol. The van der Waals surface area contributed by atoms with Gasteiger partial charge in [-0.3, -0.25) is 4.79 Å². The van der Waals surface area contributed by atoms with Crippen LogP contribution >= 0.6 is 15.9 Å². The van der Waals surface area contributed by atoms with Gasteiger partial charge in [-0.15, -0.1) is 0 Å². The average Bonchev–Trinajstić information content (AvgIpc) is 2.73. The van der Waals surface area contributed by atoms with Gasteiger partial charge in [0.2, 0.25) is 0 Å². The number of anilines is 1. The van der Waals surface area contributed by atoms with E-state index in [9.17, 15) is 4.79 Å². The van der Waals surface area contributed by atoms with Gasteiger partial charge in [0.05, 0.1) is 12.4 Å². The van der Waals surface area contributed by atoms with Gasteiger partial charge in [-0.05, 0) is 28.8 Å². The van der Waals surface area contributed by atoms with Gasteiger partial charge in [0.25, 0.3) is 5.56 Å². The first-order valence-corrected chi connectivity index (χ1v) is 5.65. The molecule has 2 heterocycles. The summed E-state index contributed by atoms with van der Waals surface area (Å²) >= 11 is 3.18. The number of H-pyrrole nitrogens is 1. The molecule has 15 heavy (non-hydrogen) atoms. The molecule has 0 aromatic carbocycles. The molecule has 1 atom stereocenters. The maximum atomic E-state index is 11.2. The van der Waals surface area contributed by atoms with Crippen molar-refractivity contribution in [1.29, 1.82) is 0 Å². The van der Waals surface area contributed by atoms with Crippen molar-refractivity contribution in [2.24, 2.45) is 0 Å². The molecule has 0 amide bonds. The molecule has 2 N–H and O–H groups in total. The Kier molecular flexibility index (Phi) is 3.37. The second-order valence-electron chi connectivity index (χ2n) is 3.41. The lowest BCUT2D eigenvalue weighted by molar-refractivity contribution is 0.120. The Morgan fingerprint density at radius 3 is 3.33 bits per heavy atom. The van der Waals surface area contributed by atoms with E-state index in [0.29, 0.717) is 16.8 Å². The molecule has 6 heteroatoms. The average molecular weight is 274 g/mol. The highest BCUT2D eigenvalue weighted by atomic mass is 79.9. The zero-order chi connectivity index (χ0) is 10.7. The smallest absolute Gasteiger partial charge is 0.267 e. The summed E-state index contributed by atoms with van der Waals surface area (Å²) in [5.41, 5.74) is -0.181. The van der Waals surface area contributed by atoms with E-state index in [-0.39, 0.29) is 11.7 Å². The van der Waals surface area contributed by atoms with E-state index in [4.69, 9.17) is 4.74 Å². The molecule has 2 rings (SSSR count). The fourth-order valence-corrected chi connectivity index (χ4v) is 1.88. The highest BCUT2D eigenvalue weighted by molar-refractivity contribution is 9.10. The van der Waals surface area contributed by atoms with Crippen molar-refractivity contribution in [1.82, 2.24) is 9.97 Å². The van der Waals surface area contributed by atoms with E-state index in [1.54, 1.807) is 0 Å². The normalized spacial score (nSPS) is 20.5. The quantitative estimate of drug-likeness (QED) is 0.866. The zero-order valence-corrected chi connectivity index (χ0v) is 9.71. The summed E-state index contributed by atoms with van der Waals surface area (Å²) in [5.74, 6) is 0.564. The number of nitrogens with one attached hydrogen (secondary N) is 2. The van der Waals surface area contributed by atoms with Crippen molar-refractivity contribution in [3.63, 3.8) is 0 Å². The molecule has 1 fully saturated rings. The molecule has 0 saturated carbocycles. The highest BCUT2D eigenvalue weighted by Gasteiger charge is 2.15. The number of ether oxygens (including phenoxy) is 1. The molecule has 0 spiro atoms. The predicted octanol–water partition coefficient (Wildman–Crippen LogP) is 1.12. The number of rotatable bonds is 3. The maximum absolute atomic E-state index is 11.2. The summed E-state index contributed by atoms with van der Waals surface area (Å²) in [6.07, 6.45) is 3.78. The molecule has 1 aliphatic heterocycles. The fraction of sp³-hybridized carbons (Fsp3) is 0.556. The standard InChI is InChI=1S/C9H12BrN3O2/c10-7-8(12-5-13-9(7)14)11-4-6-2-1-3-15-6/h5-6H,1-4H2,(H2,11,12,13,14). The van der Waals surface area contributed by atoms with Crippen LogP contribution in [-0.4, -0.2) is 29.2 Å². The van der Waals surface area contributed by atoms with E-state index < -0.39 is 0 Å². The van der Waals surface area contributed by atoms with Gasteiger partial charge in [0.15, 0.2) is 0 Å². The number of aromatic nitrogens is 2. The SMILES string of the molecule is O=c1[nH]cnc(NCC2CCCO2)c1Br. The summed E-state index contributed by atoms with van der Waals surface area (Å²) in [4.78, 5) is 17.7. The minimum absolute atomic E-state index is 0.181. The maximum Gasteiger partial charge on any atom is 0.267 e. The zero-order valence-electron chi connectivity index (χ0n) is 8.12. The molecule has 0 aliphatic carbocycles. The fourth-order valence-electron chi connectivity index (χ4n) is 1.52. The number of hydrogen-bond acceptors (Lipinski definition) is 4. The third-order valence-corrected chi connectivity index (χ3v) is 3.05. The Morgan fingerprint density at radius 2 is 2.60 bits per heavy atom. The molecule has 1 saturated heterocycles. The Bertz CT molecular complexity index is 387. The van der Waals surface area contributed by atoms with Crippen LogP contribution in [0.5, 0.6) is 0 Å². The first-order valence-electron chi connectivity index (χ1n) is 4.86. The monoisotopic (exact) mass is 273 g/mol. The van der Waals surface area contributed by atoms with E-state index in [1.807, 2.05) is 0 Å². The van der Waals surface area contributed by atoms with E-state index in [2.05, 4.69) is 31.2 Å². The van der Waals surface area contributed by atoms with Gasteiger partial charge >= 0.3 is 0 Å². The third-order valence-electron chi connectivity index (χ3n) is 2.32. The minimum Gasteiger partial charge on any atom is -0.376 e. The summed E-state index contributed by atoms with van der Waals surface area (Å²) < 4.78 is 5.89. The van der Waals surface area contributed by atoms with E-state index in [1.165, 1.54) is 6.33 Å². The Morgan fingerprint density at radius 1 is 1.73 bits per heavy atom. The van der Waals surface area contributed by atoms with Crippen LogP contribution in [0.1, 0.15) is 12.8 Å². The molecule has 1 aromatic rings. The van der Waals surface area contributed by atoms with Crippen molar-refractivity contribution < 1.29 is 4.74 Å². The first-order chi connectivity index (χ1) is 7.27. The van der Waals surface area contributed by atoms with Gasteiger partial charge in [-0.2, -0.15) is 0 Å². The van der Waals surface area contributed by atoms with Crippen molar-refractivity contribution in [3.05, 3.63) is 21.2 Å².